The molecule has 1 aliphatic heterocycles. The predicted octanol–water partition coefficient (Wildman–Crippen LogP) is 0.842. The normalized spacial score (nSPS) is 15.6. The van der Waals surface area contributed by atoms with E-state index in [0.717, 1.165) is 16.9 Å². The molecule has 1 aliphatic rings. The fourth-order valence-electron chi connectivity index (χ4n) is 1.56. The number of benzene rings is 1. The minimum absolute atomic E-state index is 0.165. The molecular formula is C10H12N2O3. The molecule has 80 valence electrons. The maximum Gasteiger partial charge on any atom is 0.189 e. The summed E-state index contributed by atoms with van der Waals surface area (Å²) in [5, 5.41) is 11.4. The van der Waals surface area contributed by atoms with Crippen LogP contribution >= 0.6 is 0 Å². The molecule has 1 aromatic carbocycles. The molecule has 0 fully saturated rings. The van der Waals surface area contributed by atoms with Gasteiger partial charge >= 0.3 is 0 Å². The van der Waals surface area contributed by atoms with E-state index in [9.17, 15) is 0 Å². The number of fused-ring (bicyclic) bond motifs is 1. The Labute approximate surface area is 87.1 Å². The molecule has 3 N–H and O–H groups in total. The van der Waals surface area contributed by atoms with Crippen molar-refractivity contribution in [2.45, 2.75) is 13.0 Å². The average molecular weight is 208 g/mol. The molecule has 0 saturated heterocycles. The summed E-state index contributed by atoms with van der Waals surface area (Å²) in [4.78, 5) is 0. The van der Waals surface area contributed by atoms with Crippen LogP contribution in [-0.2, 0) is 17.8 Å². The maximum atomic E-state index is 8.50. The topological polar surface area (TPSA) is 77.1 Å². The minimum atomic E-state index is 0.165. The van der Waals surface area contributed by atoms with Crippen LogP contribution in [0.25, 0.3) is 0 Å². The van der Waals surface area contributed by atoms with Crippen molar-refractivity contribution in [3.8, 4) is 5.75 Å². The molecule has 0 aliphatic carbocycles. The first-order valence-electron chi connectivity index (χ1n) is 4.59. The van der Waals surface area contributed by atoms with Crippen LogP contribution in [0.3, 0.4) is 0 Å². The SMILES string of the molecule is N/C(Cc1cccc2c1OCOC2)=N\O. The minimum Gasteiger partial charge on any atom is -0.467 e. The molecule has 5 heteroatoms. The van der Waals surface area contributed by atoms with E-state index in [0.29, 0.717) is 13.0 Å². The molecule has 0 bridgehead atoms. The van der Waals surface area contributed by atoms with Gasteiger partial charge in [-0.3, -0.25) is 0 Å². The van der Waals surface area contributed by atoms with Gasteiger partial charge in [-0.25, -0.2) is 0 Å². The van der Waals surface area contributed by atoms with Crippen molar-refractivity contribution in [3.05, 3.63) is 29.3 Å². The summed E-state index contributed by atoms with van der Waals surface area (Å²) in [6.45, 7) is 0.791. The summed E-state index contributed by atoms with van der Waals surface area (Å²) in [6, 6.07) is 5.73. The van der Waals surface area contributed by atoms with Crippen LogP contribution in [0.15, 0.2) is 23.4 Å². The van der Waals surface area contributed by atoms with E-state index in [1.54, 1.807) is 0 Å². The van der Waals surface area contributed by atoms with Crippen LogP contribution in [0.1, 0.15) is 11.1 Å². The first-order valence-corrected chi connectivity index (χ1v) is 4.59. The smallest absolute Gasteiger partial charge is 0.189 e. The maximum absolute atomic E-state index is 8.50. The standard InChI is InChI=1S/C10H12N2O3/c11-9(12-13)4-7-2-1-3-8-5-14-6-15-10(7)8/h1-3,13H,4-6H2,(H2,11,12). The Hall–Kier alpha value is -1.75. The van der Waals surface area contributed by atoms with E-state index in [1.165, 1.54) is 0 Å². The van der Waals surface area contributed by atoms with E-state index < -0.39 is 0 Å². The van der Waals surface area contributed by atoms with Crippen molar-refractivity contribution in [1.29, 1.82) is 0 Å². The summed E-state index contributed by atoms with van der Waals surface area (Å²) >= 11 is 0. The third-order valence-electron chi connectivity index (χ3n) is 2.22. The van der Waals surface area contributed by atoms with Gasteiger partial charge in [0.15, 0.2) is 6.79 Å². The fourth-order valence-corrected chi connectivity index (χ4v) is 1.56. The van der Waals surface area contributed by atoms with Gasteiger partial charge in [-0.05, 0) is 0 Å². The second kappa shape index (κ2) is 4.18. The number of ether oxygens (including phenoxy) is 2. The Morgan fingerprint density at radius 2 is 2.40 bits per heavy atom. The van der Waals surface area contributed by atoms with Crippen LogP contribution in [0, 0.1) is 0 Å². The average Bonchev–Trinajstić information content (AvgIpc) is 2.29. The lowest BCUT2D eigenvalue weighted by Gasteiger charge is -2.20. The number of nitrogens with two attached hydrogens (primary N) is 1. The summed E-state index contributed by atoms with van der Waals surface area (Å²) in [6.07, 6.45) is 0.375. The zero-order chi connectivity index (χ0) is 10.7. The van der Waals surface area contributed by atoms with E-state index in [-0.39, 0.29) is 12.6 Å². The Morgan fingerprint density at radius 1 is 1.53 bits per heavy atom. The van der Waals surface area contributed by atoms with E-state index in [1.807, 2.05) is 18.2 Å². The number of hydrogen-bond donors (Lipinski definition) is 2. The highest BCUT2D eigenvalue weighted by Gasteiger charge is 2.14. The van der Waals surface area contributed by atoms with Gasteiger partial charge in [0.05, 0.1) is 6.61 Å². The van der Waals surface area contributed by atoms with Gasteiger partial charge in [0, 0.05) is 17.5 Å². The first kappa shape index (κ1) is 9.79. The zero-order valence-electron chi connectivity index (χ0n) is 8.14. The molecule has 5 nitrogen and oxygen atoms in total. The number of nitrogens with zero attached hydrogens (tertiary/aromatic N) is 1. The molecule has 2 rings (SSSR count). The Bertz CT molecular complexity index is 390. The Kier molecular flexibility index (Phi) is 2.73. The third kappa shape index (κ3) is 2.02. The lowest BCUT2D eigenvalue weighted by atomic mass is 10.1. The molecule has 0 aromatic heterocycles. The summed E-state index contributed by atoms with van der Waals surface area (Å²) in [5.74, 6) is 0.953. The van der Waals surface area contributed by atoms with Gasteiger partial charge < -0.3 is 20.4 Å². The van der Waals surface area contributed by atoms with Gasteiger partial charge in [-0.1, -0.05) is 23.4 Å². The predicted molar refractivity (Wildman–Crippen MR) is 53.8 cm³/mol. The van der Waals surface area contributed by atoms with Crippen LogP contribution in [0.4, 0.5) is 0 Å². The Morgan fingerprint density at radius 3 is 3.20 bits per heavy atom. The molecule has 1 heterocycles. The first-order chi connectivity index (χ1) is 7.31. The van der Waals surface area contributed by atoms with Crippen molar-refractivity contribution in [1.82, 2.24) is 0 Å². The van der Waals surface area contributed by atoms with Gasteiger partial charge in [0.2, 0.25) is 0 Å². The molecule has 0 saturated carbocycles. The van der Waals surface area contributed by atoms with Gasteiger partial charge in [0.1, 0.15) is 11.6 Å². The van der Waals surface area contributed by atoms with E-state index >= 15 is 0 Å². The molecule has 1 aromatic rings. The highest BCUT2D eigenvalue weighted by molar-refractivity contribution is 5.82. The Balaban J connectivity index is 2.31. The summed E-state index contributed by atoms with van der Waals surface area (Å²) in [7, 11) is 0. The molecule has 0 amide bonds. The van der Waals surface area contributed by atoms with Crippen LogP contribution < -0.4 is 10.5 Å². The molecule has 0 atom stereocenters. The van der Waals surface area contributed by atoms with Crippen molar-refractivity contribution in [2.24, 2.45) is 10.9 Å². The quantitative estimate of drug-likeness (QED) is 0.327. The van der Waals surface area contributed by atoms with Crippen LogP contribution in [0.5, 0.6) is 5.75 Å². The lowest BCUT2D eigenvalue weighted by molar-refractivity contribution is -0.0169. The molecular weight excluding hydrogens is 196 g/mol. The number of rotatable bonds is 2. The number of hydrogen-bond acceptors (Lipinski definition) is 4. The van der Waals surface area contributed by atoms with Crippen molar-refractivity contribution in [2.75, 3.05) is 6.79 Å². The molecule has 0 radical (unpaired) electrons. The second-order valence-corrected chi connectivity index (χ2v) is 3.28. The monoisotopic (exact) mass is 208 g/mol. The molecule has 0 unspecified atom stereocenters. The van der Waals surface area contributed by atoms with Crippen molar-refractivity contribution < 1.29 is 14.7 Å². The number of oxime groups is 1. The number of para-hydroxylation sites is 1. The zero-order valence-corrected chi connectivity index (χ0v) is 8.14. The van der Waals surface area contributed by atoms with Gasteiger partial charge in [-0.2, -0.15) is 0 Å². The van der Waals surface area contributed by atoms with Gasteiger partial charge in [-0.15, -0.1) is 0 Å². The van der Waals surface area contributed by atoms with E-state index in [4.69, 9.17) is 20.4 Å². The van der Waals surface area contributed by atoms with Crippen LogP contribution in [-0.4, -0.2) is 17.8 Å². The highest BCUT2D eigenvalue weighted by atomic mass is 16.7. The highest BCUT2D eigenvalue weighted by Crippen LogP contribution is 2.28. The fraction of sp³-hybridized carbons (Fsp3) is 0.300. The largest absolute Gasteiger partial charge is 0.467 e. The third-order valence-corrected chi connectivity index (χ3v) is 2.22. The summed E-state index contributed by atoms with van der Waals surface area (Å²) < 4.78 is 10.5. The lowest BCUT2D eigenvalue weighted by Crippen LogP contribution is -2.18. The number of amidine groups is 1. The van der Waals surface area contributed by atoms with Crippen molar-refractivity contribution in [3.63, 3.8) is 0 Å². The molecule has 0 spiro atoms. The van der Waals surface area contributed by atoms with Gasteiger partial charge in [0.25, 0.3) is 0 Å². The molecule has 15 heavy (non-hydrogen) atoms. The second-order valence-electron chi connectivity index (χ2n) is 3.28. The summed E-state index contributed by atoms with van der Waals surface area (Å²) in [5.41, 5.74) is 7.35. The van der Waals surface area contributed by atoms with Crippen molar-refractivity contribution >= 4 is 5.84 Å². The van der Waals surface area contributed by atoms with Crippen LogP contribution in [0.2, 0.25) is 0 Å². The van der Waals surface area contributed by atoms with E-state index in [2.05, 4.69) is 5.16 Å².